The first-order valence-electron chi connectivity index (χ1n) is 14.4. The van der Waals surface area contributed by atoms with E-state index in [-0.39, 0.29) is 46.0 Å². The van der Waals surface area contributed by atoms with Gasteiger partial charge in [0.05, 0.1) is 5.52 Å². The van der Waals surface area contributed by atoms with Crippen LogP contribution in [0.15, 0.2) is 41.4 Å². The van der Waals surface area contributed by atoms with Gasteiger partial charge < -0.3 is 19.9 Å². The molecule has 1 saturated carbocycles. The van der Waals surface area contributed by atoms with Crippen molar-refractivity contribution in [3.8, 4) is 11.1 Å². The minimum Gasteiger partial charge on any atom is -0.385 e. The monoisotopic (exact) mass is 662 g/mol. The summed E-state index contributed by atoms with van der Waals surface area (Å²) in [6, 6.07) is 4.36. The van der Waals surface area contributed by atoms with Gasteiger partial charge in [-0.2, -0.15) is 0 Å². The number of aryl methyl sites for hydroxylation is 2. The molecule has 0 spiro atoms. The molecule has 1 saturated heterocycles. The predicted molar refractivity (Wildman–Crippen MR) is 165 cm³/mol. The topological polar surface area (TPSA) is 130 Å². The van der Waals surface area contributed by atoms with Gasteiger partial charge in [0.25, 0.3) is 0 Å². The number of carbonyl (C=O) groups is 3. The van der Waals surface area contributed by atoms with Gasteiger partial charge in [0.1, 0.15) is 29.1 Å². The number of anilines is 1. The van der Waals surface area contributed by atoms with Crippen LogP contribution in [-0.2, 0) is 16.1 Å². The number of likely N-dealkylation sites (tertiary alicyclic amines) is 1. The van der Waals surface area contributed by atoms with E-state index < -0.39 is 18.0 Å². The van der Waals surface area contributed by atoms with Gasteiger partial charge in [0.2, 0.25) is 11.8 Å². The molecule has 228 valence electrons. The molecule has 0 radical (unpaired) electrons. The number of rotatable bonds is 7. The lowest BCUT2D eigenvalue weighted by molar-refractivity contribution is -0.138. The summed E-state index contributed by atoms with van der Waals surface area (Å²) in [5, 5.41) is 13.3. The maximum Gasteiger partial charge on any atom is 0.248 e. The molecule has 0 bridgehead atoms. The number of halogens is 2. The molecule has 1 aliphatic carbocycles. The van der Waals surface area contributed by atoms with E-state index in [0.29, 0.717) is 28.8 Å². The van der Waals surface area contributed by atoms with Crippen molar-refractivity contribution in [2.75, 3.05) is 5.32 Å². The normalized spacial score (nSPS) is 21.3. The Bertz CT molecular complexity index is 1860. The van der Waals surface area contributed by atoms with E-state index >= 15 is 0 Å². The Morgan fingerprint density at radius 2 is 1.84 bits per heavy atom. The Labute approximate surface area is 261 Å². The van der Waals surface area contributed by atoms with Gasteiger partial charge in [-0.15, -0.1) is 0 Å². The molecule has 3 aromatic heterocycles. The number of aliphatic hydroxyl groups excluding tert-OH is 1. The molecule has 6 rings (SSSR count). The van der Waals surface area contributed by atoms with Gasteiger partial charge in [-0.3, -0.25) is 14.4 Å². The van der Waals surface area contributed by atoms with Crippen LogP contribution in [0.2, 0.25) is 0 Å². The van der Waals surface area contributed by atoms with Crippen LogP contribution in [0.1, 0.15) is 67.0 Å². The quantitative estimate of drug-likeness (QED) is 0.203. The number of fused-ring (bicyclic) bond motifs is 2. The molecule has 10 nitrogen and oxygen atoms in total. The SMILES string of the molecule is CC(=O)c1cn(CC(=O)N2[C@H](C(=O)Nc3nc(Br)c(F)cc3C)C[C@@]3(C)C[C@@H]23)c2c(C)cc(-c3cnc(C(C)O)nc3)cc12. The van der Waals surface area contributed by atoms with Crippen molar-refractivity contribution in [1.82, 2.24) is 24.4 Å². The van der Waals surface area contributed by atoms with Crippen molar-refractivity contribution < 1.29 is 23.9 Å². The van der Waals surface area contributed by atoms with Gasteiger partial charge >= 0.3 is 0 Å². The second kappa shape index (κ2) is 10.8. The number of Topliss-reactive ketones (excluding diaryl/α,β-unsaturated/α-hetero) is 1. The van der Waals surface area contributed by atoms with Crippen molar-refractivity contribution in [1.29, 1.82) is 0 Å². The maximum atomic E-state index is 14.0. The van der Waals surface area contributed by atoms with E-state index in [2.05, 4.69) is 43.1 Å². The summed E-state index contributed by atoms with van der Waals surface area (Å²) in [5.41, 5.74) is 3.95. The van der Waals surface area contributed by atoms with Gasteiger partial charge in [0, 0.05) is 41.1 Å². The summed E-state index contributed by atoms with van der Waals surface area (Å²) in [6.45, 7) is 8.68. The average Bonchev–Trinajstić information content (AvgIpc) is 3.32. The minimum absolute atomic E-state index is 0.00356. The fourth-order valence-corrected chi connectivity index (χ4v) is 6.69. The van der Waals surface area contributed by atoms with Crippen molar-refractivity contribution in [2.45, 2.75) is 72.2 Å². The van der Waals surface area contributed by atoms with E-state index in [1.165, 1.54) is 13.0 Å². The van der Waals surface area contributed by atoms with Crippen LogP contribution in [0.25, 0.3) is 22.0 Å². The van der Waals surface area contributed by atoms with Gasteiger partial charge in [-0.25, -0.2) is 19.3 Å². The zero-order valence-corrected chi connectivity index (χ0v) is 26.6. The zero-order chi connectivity index (χ0) is 31.7. The number of pyridine rings is 1. The number of aromatic nitrogens is 4. The highest BCUT2D eigenvalue weighted by atomic mass is 79.9. The number of piperidine rings is 1. The van der Waals surface area contributed by atoms with Crippen LogP contribution in [-0.4, -0.2) is 59.2 Å². The van der Waals surface area contributed by atoms with E-state index in [0.717, 1.165) is 28.6 Å². The highest BCUT2D eigenvalue weighted by Crippen LogP contribution is 2.59. The molecule has 4 heterocycles. The van der Waals surface area contributed by atoms with Gasteiger partial charge in [0.15, 0.2) is 17.4 Å². The Morgan fingerprint density at radius 1 is 1.14 bits per heavy atom. The van der Waals surface area contributed by atoms with Crippen LogP contribution >= 0.6 is 15.9 Å². The van der Waals surface area contributed by atoms with Crippen molar-refractivity contribution in [3.63, 3.8) is 0 Å². The van der Waals surface area contributed by atoms with Crippen molar-refractivity contribution in [2.24, 2.45) is 5.41 Å². The van der Waals surface area contributed by atoms with E-state index in [1.807, 2.05) is 19.1 Å². The molecule has 1 aliphatic heterocycles. The number of hydrogen-bond donors (Lipinski definition) is 2. The first-order valence-corrected chi connectivity index (χ1v) is 15.2. The Balaban J connectivity index is 1.30. The molecule has 4 atom stereocenters. The maximum absolute atomic E-state index is 14.0. The summed E-state index contributed by atoms with van der Waals surface area (Å²) in [6.07, 6.45) is 5.51. The number of nitrogens with zero attached hydrogens (tertiary/aromatic N) is 5. The first-order chi connectivity index (χ1) is 20.8. The minimum atomic E-state index is -0.787. The average molecular weight is 664 g/mol. The summed E-state index contributed by atoms with van der Waals surface area (Å²) in [4.78, 5) is 54.5. The van der Waals surface area contributed by atoms with Gasteiger partial charge in [-0.05, 0) is 96.8 Å². The Morgan fingerprint density at radius 3 is 2.50 bits per heavy atom. The number of benzene rings is 1. The molecule has 2 amide bonds. The molecule has 1 unspecified atom stereocenters. The fourth-order valence-electron chi connectivity index (χ4n) is 6.40. The number of ketones is 1. The summed E-state index contributed by atoms with van der Waals surface area (Å²) < 4.78 is 15.7. The molecule has 1 aromatic carbocycles. The van der Waals surface area contributed by atoms with Crippen LogP contribution in [0.3, 0.4) is 0 Å². The third-order valence-electron chi connectivity index (χ3n) is 8.82. The lowest BCUT2D eigenvalue weighted by Crippen LogP contribution is -2.46. The molecular weight excluding hydrogens is 631 g/mol. The predicted octanol–water partition coefficient (Wildman–Crippen LogP) is 5.29. The van der Waals surface area contributed by atoms with E-state index in [1.54, 1.807) is 41.9 Å². The Kier molecular flexibility index (Phi) is 7.40. The molecule has 2 fully saturated rings. The molecule has 12 heteroatoms. The molecular formula is C32H32BrFN6O4. The zero-order valence-electron chi connectivity index (χ0n) is 25.0. The lowest BCUT2D eigenvalue weighted by Gasteiger charge is -2.27. The fraction of sp³-hybridized carbons (Fsp3) is 0.375. The third-order valence-corrected chi connectivity index (χ3v) is 9.37. The second-order valence-electron chi connectivity index (χ2n) is 12.2. The largest absolute Gasteiger partial charge is 0.385 e. The highest BCUT2D eigenvalue weighted by molar-refractivity contribution is 9.10. The summed E-state index contributed by atoms with van der Waals surface area (Å²) in [7, 11) is 0. The van der Waals surface area contributed by atoms with E-state index in [4.69, 9.17) is 0 Å². The summed E-state index contributed by atoms with van der Waals surface area (Å²) >= 11 is 3.07. The van der Waals surface area contributed by atoms with Gasteiger partial charge in [-0.1, -0.05) is 6.92 Å². The molecule has 4 aromatic rings. The van der Waals surface area contributed by atoms with Crippen LogP contribution in [0.5, 0.6) is 0 Å². The third kappa shape index (κ3) is 5.19. The van der Waals surface area contributed by atoms with Crippen molar-refractivity contribution >= 4 is 50.2 Å². The molecule has 2 aliphatic rings. The lowest BCUT2D eigenvalue weighted by atomic mass is 10.0. The number of amides is 2. The second-order valence-corrected chi connectivity index (χ2v) is 13.0. The van der Waals surface area contributed by atoms with E-state index in [9.17, 15) is 23.9 Å². The van der Waals surface area contributed by atoms with Crippen LogP contribution < -0.4 is 5.32 Å². The number of carbonyl (C=O) groups excluding carboxylic acids is 3. The highest BCUT2D eigenvalue weighted by Gasteiger charge is 2.64. The smallest absolute Gasteiger partial charge is 0.248 e. The Hall–Kier alpha value is -4.03. The first kappa shape index (κ1) is 30.0. The number of aliphatic hydroxyl groups is 1. The van der Waals surface area contributed by atoms with Crippen molar-refractivity contribution in [3.05, 3.63) is 69.7 Å². The van der Waals surface area contributed by atoms with Crippen LogP contribution in [0.4, 0.5) is 10.2 Å². The number of nitrogens with one attached hydrogen (secondary N) is 1. The molecule has 44 heavy (non-hydrogen) atoms. The summed E-state index contributed by atoms with van der Waals surface area (Å²) in [5.74, 6) is -0.702. The molecule has 2 N–H and O–H groups in total. The van der Waals surface area contributed by atoms with Crippen LogP contribution in [0, 0.1) is 25.1 Å². The standard InChI is InChI=1S/C32H32BrFN6O4/c1-15-6-19(20-11-35-30(18(4)42)36-12-20)8-21-22(17(3)41)13-39(27(15)21)14-26(43)40-24(9-32(5)10-25(32)40)31(44)38-29-16(2)7-23(34)28(33)37-29/h6-8,11-13,18,24-25,42H,9-10,14H2,1-5H3,(H,37,38,44)/t18?,24-,25+,32-/m0/s1. The number of hydrogen-bond acceptors (Lipinski definition) is 7.